The summed E-state index contributed by atoms with van der Waals surface area (Å²) in [4.78, 5) is 24.9. The Hall–Kier alpha value is -3.40. The van der Waals surface area contributed by atoms with E-state index in [0.717, 1.165) is 29.6 Å². The van der Waals surface area contributed by atoms with E-state index >= 15 is 0 Å². The van der Waals surface area contributed by atoms with Crippen LogP contribution in [0.5, 0.6) is 11.5 Å². The Balaban J connectivity index is 1.65. The van der Waals surface area contributed by atoms with Crippen LogP contribution in [0.25, 0.3) is 0 Å². The Bertz CT molecular complexity index is 1690. The highest BCUT2D eigenvalue weighted by atomic mass is 32.2. The molecular weight excluding hydrogens is 646 g/mol. The molecule has 2 aliphatic rings. The molecule has 1 fully saturated rings. The minimum Gasteiger partial charge on any atom is -0.494 e. The zero-order valence-corrected chi connectivity index (χ0v) is 26.5. The molecule has 2 aromatic carbocycles. The molecule has 2 atom stereocenters. The van der Waals surface area contributed by atoms with Gasteiger partial charge in [-0.15, -0.1) is 0 Å². The lowest BCUT2D eigenvalue weighted by Crippen LogP contribution is -2.45. The van der Waals surface area contributed by atoms with Crippen molar-refractivity contribution in [3.63, 3.8) is 0 Å². The van der Waals surface area contributed by atoms with Crippen LogP contribution in [-0.2, 0) is 40.6 Å². The Morgan fingerprint density at radius 3 is 2.33 bits per heavy atom. The number of ether oxygens (including phenoxy) is 3. The van der Waals surface area contributed by atoms with Gasteiger partial charge in [0.1, 0.15) is 17.6 Å². The van der Waals surface area contributed by atoms with Crippen LogP contribution >= 0.6 is 0 Å². The normalized spacial score (nSPS) is 18.0. The largest absolute Gasteiger partial charge is 0.494 e. The van der Waals surface area contributed by atoms with Crippen molar-refractivity contribution in [1.82, 2.24) is 0 Å². The van der Waals surface area contributed by atoms with Gasteiger partial charge in [-0.05, 0) is 62.9 Å². The number of Topliss-reactive ketones (excluding diaryl/α,β-unsaturated/α-hetero) is 1. The molecule has 16 heteroatoms. The predicted molar refractivity (Wildman–Crippen MR) is 154 cm³/mol. The lowest BCUT2D eigenvalue weighted by atomic mass is 9.98. The first-order valence-corrected chi connectivity index (χ1v) is 17.1. The number of rotatable bonds is 12. The number of halogens is 4. The quantitative estimate of drug-likeness (QED) is 0.237. The molecule has 0 spiro atoms. The molecule has 0 saturated heterocycles. The highest BCUT2D eigenvalue weighted by Crippen LogP contribution is 2.40. The van der Waals surface area contributed by atoms with Crippen molar-refractivity contribution in [2.75, 3.05) is 23.7 Å². The van der Waals surface area contributed by atoms with Gasteiger partial charge in [-0.3, -0.25) is 13.9 Å². The molecule has 10 nitrogen and oxygen atoms in total. The number of carbonyl (C=O) groups excluding carboxylic acids is 2. The van der Waals surface area contributed by atoms with E-state index in [1.165, 1.54) is 25.1 Å². The number of sulfone groups is 1. The summed E-state index contributed by atoms with van der Waals surface area (Å²) in [7, 11) is -6.90. The van der Waals surface area contributed by atoms with Gasteiger partial charge in [-0.1, -0.05) is 13.0 Å². The summed E-state index contributed by atoms with van der Waals surface area (Å²) in [6, 6.07) is 6.84. The van der Waals surface area contributed by atoms with Crippen LogP contribution < -0.4 is 13.8 Å². The van der Waals surface area contributed by atoms with Crippen molar-refractivity contribution in [3.8, 4) is 11.5 Å². The number of sulfonamides is 1. The highest BCUT2D eigenvalue weighted by Gasteiger charge is 2.50. The van der Waals surface area contributed by atoms with Crippen LogP contribution in [0, 0.1) is 11.7 Å². The first-order chi connectivity index (χ1) is 20.7. The Kier molecular flexibility index (Phi) is 9.51. The molecule has 0 unspecified atom stereocenters. The monoisotopic (exact) mass is 679 g/mol. The summed E-state index contributed by atoms with van der Waals surface area (Å²) in [5.74, 6) is -4.34. The van der Waals surface area contributed by atoms with Crippen LogP contribution in [0.3, 0.4) is 0 Å². The van der Waals surface area contributed by atoms with E-state index in [0.29, 0.717) is 26.7 Å². The van der Waals surface area contributed by atoms with Crippen molar-refractivity contribution >= 4 is 37.3 Å². The van der Waals surface area contributed by atoms with Crippen LogP contribution in [-0.4, -0.2) is 71.1 Å². The van der Waals surface area contributed by atoms with Crippen molar-refractivity contribution in [1.29, 1.82) is 0 Å². The number of hydrogen-bond donors (Lipinski definition) is 0. The summed E-state index contributed by atoms with van der Waals surface area (Å²) in [5.41, 5.74) is -2.72. The zero-order chi connectivity index (χ0) is 33.5. The average molecular weight is 680 g/mol. The SMILES string of the molecule is COc1cc(S(=O)(=O)N2C[C@H](C[C@@H](C)C(=O)CS(=O)(=O)C3CC3)Oc3ccc(CC(=O)OC(C)(C)C(F)(F)F)cc32)ccc1F. The molecule has 0 aromatic heterocycles. The maximum absolute atomic E-state index is 14.1. The van der Waals surface area contributed by atoms with E-state index in [9.17, 15) is 44.0 Å². The van der Waals surface area contributed by atoms with E-state index < -0.39 is 78.7 Å². The molecule has 248 valence electrons. The maximum Gasteiger partial charge on any atom is 0.427 e. The third-order valence-corrected chi connectivity index (χ3v) is 11.6. The Labute approximate surface area is 258 Å². The van der Waals surface area contributed by atoms with Crippen LogP contribution in [0.2, 0.25) is 0 Å². The summed E-state index contributed by atoms with van der Waals surface area (Å²) < 4.78 is 123. The van der Waals surface area contributed by atoms with E-state index in [2.05, 4.69) is 4.74 Å². The first kappa shape index (κ1) is 34.5. The van der Waals surface area contributed by atoms with E-state index in [1.807, 2.05) is 0 Å². The van der Waals surface area contributed by atoms with Crippen molar-refractivity contribution < 1.29 is 58.2 Å². The molecule has 0 radical (unpaired) electrons. The van der Waals surface area contributed by atoms with Gasteiger partial charge in [0.2, 0.25) is 5.60 Å². The minimum absolute atomic E-state index is 0.0156. The smallest absolute Gasteiger partial charge is 0.427 e. The van der Waals surface area contributed by atoms with Gasteiger partial charge in [0.05, 0.1) is 35.9 Å². The number of fused-ring (bicyclic) bond motifs is 1. The molecule has 0 N–H and O–H groups in total. The van der Waals surface area contributed by atoms with Gasteiger partial charge >= 0.3 is 12.1 Å². The van der Waals surface area contributed by atoms with Gasteiger partial charge < -0.3 is 14.2 Å². The summed E-state index contributed by atoms with van der Waals surface area (Å²) in [5, 5.41) is -0.522. The van der Waals surface area contributed by atoms with Crippen LogP contribution in [0.1, 0.15) is 45.6 Å². The fourth-order valence-corrected chi connectivity index (χ4v) is 7.99. The number of carbonyl (C=O) groups is 2. The lowest BCUT2D eigenvalue weighted by Gasteiger charge is -2.36. The fraction of sp³-hybridized carbons (Fsp3) is 0.517. The average Bonchev–Trinajstić information content (AvgIpc) is 3.78. The van der Waals surface area contributed by atoms with Crippen molar-refractivity contribution in [3.05, 3.63) is 47.8 Å². The van der Waals surface area contributed by atoms with Gasteiger partial charge in [0, 0.05) is 12.0 Å². The van der Waals surface area contributed by atoms with Gasteiger partial charge in [0.15, 0.2) is 27.2 Å². The van der Waals surface area contributed by atoms with E-state index in [1.54, 1.807) is 0 Å². The molecular formula is C29H33F4NO9S2. The topological polar surface area (TPSA) is 133 Å². The molecule has 1 aliphatic carbocycles. The number of esters is 1. The molecule has 1 heterocycles. The number of hydrogen-bond acceptors (Lipinski definition) is 9. The third-order valence-electron chi connectivity index (χ3n) is 7.61. The minimum atomic E-state index is -4.83. The molecule has 45 heavy (non-hydrogen) atoms. The van der Waals surface area contributed by atoms with Gasteiger partial charge in [-0.25, -0.2) is 21.2 Å². The molecule has 2 aromatic rings. The van der Waals surface area contributed by atoms with Gasteiger partial charge in [0.25, 0.3) is 10.0 Å². The summed E-state index contributed by atoms with van der Waals surface area (Å²) in [6.45, 7) is 2.55. The Morgan fingerprint density at radius 2 is 1.73 bits per heavy atom. The van der Waals surface area contributed by atoms with E-state index in [4.69, 9.17) is 9.47 Å². The standard InChI is InChI=1S/C29H33F4NO9S2/c1-17(24(35)16-44(37,38)20-6-7-20)11-19-15-34(45(39,40)21-8-9-22(30)26(14-21)41-4)23-12-18(5-10-25(23)42-19)13-27(36)43-28(2,3)29(31,32)33/h5,8-10,12,14,17,19-20H,6-7,11,13,15-16H2,1-4H3/t17-,19+/m1/s1. The summed E-state index contributed by atoms with van der Waals surface area (Å²) >= 11 is 0. The fourth-order valence-electron chi connectivity index (χ4n) is 4.70. The number of nitrogens with zero attached hydrogens (tertiary/aromatic N) is 1. The number of anilines is 1. The first-order valence-electron chi connectivity index (χ1n) is 13.9. The second kappa shape index (κ2) is 12.4. The Morgan fingerprint density at radius 1 is 1.07 bits per heavy atom. The lowest BCUT2D eigenvalue weighted by molar-refractivity contribution is -0.257. The van der Waals surface area contributed by atoms with Crippen LogP contribution in [0.15, 0.2) is 41.3 Å². The number of ketones is 1. The van der Waals surface area contributed by atoms with Crippen molar-refractivity contribution in [2.24, 2.45) is 5.92 Å². The van der Waals surface area contributed by atoms with Crippen molar-refractivity contribution in [2.45, 2.75) is 74.5 Å². The number of alkyl halides is 3. The van der Waals surface area contributed by atoms with Crippen LogP contribution in [0.4, 0.5) is 23.2 Å². The van der Waals surface area contributed by atoms with E-state index in [-0.39, 0.29) is 40.6 Å². The molecule has 0 amide bonds. The number of methoxy groups -OCH3 is 1. The second-order valence-electron chi connectivity index (χ2n) is 11.6. The molecule has 0 bridgehead atoms. The second-order valence-corrected chi connectivity index (χ2v) is 15.8. The predicted octanol–water partition coefficient (Wildman–Crippen LogP) is 4.39. The van der Waals surface area contributed by atoms with Gasteiger partial charge in [-0.2, -0.15) is 13.2 Å². The molecule has 4 rings (SSSR count). The summed E-state index contributed by atoms with van der Waals surface area (Å²) in [6.07, 6.45) is -5.42. The molecule has 1 saturated carbocycles. The number of benzene rings is 2. The maximum atomic E-state index is 14.1. The highest BCUT2D eigenvalue weighted by molar-refractivity contribution is 7.93. The third kappa shape index (κ3) is 7.71. The molecule has 1 aliphatic heterocycles. The zero-order valence-electron chi connectivity index (χ0n) is 24.9.